The molecule has 264 valence electrons. The Morgan fingerprint density at radius 1 is 0.298 bits per heavy atom. The van der Waals surface area contributed by atoms with Gasteiger partial charge in [-0.15, -0.1) is 0 Å². The second-order valence-electron chi connectivity index (χ2n) is 12.6. The van der Waals surface area contributed by atoms with Crippen molar-refractivity contribution < 1.29 is 49.7 Å². The molecule has 0 bridgehead atoms. The fourth-order valence-electron chi connectivity index (χ4n) is 7.12. The third-order valence-corrected chi connectivity index (χ3v) is 9.55. The SMILES string of the molecule is [2H]c1cc([2H])c2c(-c3c([2H])c([2H])c4oc5c(-c6c([2H])c([2H])c7c([2H])c([2H])c([2H])c([2H])c7c6[2H])c([2H])c([2H])c([2H])c5c4c3[2H])c([2H])c([2H])c(-c3c4c([2H])c([2H])c([2H])c([2H])c4c(-c4c([2H])c([2H])c([2H])c5c([2H])c([2H])c([2H])c([2H])c45)c4c([2H])c([2H])c([2H])c([2H])c34)c2c1[2H]. The van der Waals surface area contributed by atoms with E-state index in [0.29, 0.717) is 0 Å². The highest BCUT2D eigenvalue weighted by Crippen LogP contribution is 2.48. The predicted molar refractivity (Wildman–Crippen MR) is 243 cm³/mol. The molecular weight excluding hydrogens is 689 g/mol. The van der Waals surface area contributed by atoms with Crippen LogP contribution in [0, 0.1) is 0 Å². The molecule has 1 heteroatoms. The number of benzene rings is 11. The van der Waals surface area contributed by atoms with Crippen LogP contribution in [0.1, 0.15) is 45.2 Å². The molecule has 0 aliphatic heterocycles. The lowest BCUT2D eigenvalue weighted by molar-refractivity contribution is 0.670. The van der Waals surface area contributed by atoms with Gasteiger partial charge >= 0.3 is 0 Å². The normalized spacial score (nSPS) is 20.0. The van der Waals surface area contributed by atoms with Gasteiger partial charge in [-0.3, -0.25) is 0 Å². The first-order chi connectivity index (χ1) is 42.0. The quantitative estimate of drug-likeness (QED) is 0.163. The zero-order valence-electron chi connectivity index (χ0n) is 61.5. The van der Waals surface area contributed by atoms with Gasteiger partial charge in [-0.1, -0.05) is 187 Å². The molecule has 0 radical (unpaired) electrons. The fraction of sp³-hybridized carbons (Fsp3) is 0. The van der Waals surface area contributed by atoms with Crippen LogP contribution >= 0.6 is 0 Å². The van der Waals surface area contributed by atoms with Crippen LogP contribution in [0.5, 0.6) is 0 Å². The summed E-state index contributed by atoms with van der Waals surface area (Å²) in [6, 6.07) is -30.5. The Morgan fingerprint density at radius 3 is 1.60 bits per heavy atom. The van der Waals surface area contributed by atoms with Gasteiger partial charge in [-0.2, -0.15) is 0 Å². The molecule has 0 saturated heterocycles. The van der Waals surface area contributed by atoms with Crippen molar-refractivity contribution in [2.45, 2.75) is 0 Å². The van der Waals surface area contributed by atoms with Gasteiger partial charge in [0.25, 0.3) is 0 Å². The molecular formula is C56H34O. The molecule has 0 aliphatic carbocycles. The second kappa shape index (κ2) is 12.5. The molecule has 0 N–H and O–H groups in total. The summed E-state index contributed by atoms with van der Waals surface area (Å²) in [6.07, 6.45) is 0. The van der Waals surface area contributed by atoms with E-state index in [4.69, 9.17) is 30.5 Å². The average Bonchev–Trinajstić information content (AvgIpc) is 1.43. The lowest BCUT2D eigenvalue weighted by Crippen LogP contribution is -1.93. The van der Waals surface area contributed by atoms with Crippen molar-refractivity contribution in [1.82, 2.24) is 0 Å². The molecule has 0 aliphatic rings. The summed E-state index contributed by atoms with van der Waals surface area (Å²) in [4.78, 5) is 0. The van der Waals surface area contributed by atoms with Gasteiger partial charge in [-0.05, 0) is 111 Å². The Labute approximate surface area is 376 Å². The Bertz CT molecular complexity index is 5430. The van der Waals surface area contributed by atoms with Gasteiger partial charge in [0.05, 0.1) is 45.2 Å². The lowest BCUT2D eigenvalue weighted by atomic mass is 9.83. The number of hydrogen-bond donors (Lipinski definition) is 0. The highest BCUT2D eigenvalue weighted by atomic mass is 16.3. The maximum absolute atomic E-state index is 10.1. The summed E-state index contributed by atoms with van der Waals surface area (Å²) < 4.78 is 309. The predicted octanol–water partition coefficient (Wildman–Crippen LogP) is 16.0. The maximum Gasteiger partial charge on any atom is 0.143 e. The van der Waals surface area contributed by atoms with Crippen molar-refractivity contribution >= 4 is 75.8 Å². The first kappa shape index (κ1) is 13.3. The van der Waals surface area contributed by atoms with Crippen molar-refractivity contribution in [3.05, 3.63) is 205 Å². The number of furan rings is 1. The van der Waals surface area contributed by atoms with Crippen LogP contribution in [0.2, 0.25) is 0 Å². The van der Waals surface area contributed by atoms with E-state index in [2.05, 4.69) is 0 Å². The molecule has 12 aromatic rings. The van der Waals surface area contributed by atoms with Crippen LogP contribution in [-0.4, -0.2) is 0 Å². The summed E-state index contributed by atoms with van der Waals surface area (Å²) in [7, 11) is 0. The highest BCUT2D eigenvalue weighted by Gasteiger charge is 2.20. The van der Waals surface area contributed by atoms with Crippen LogP contribution in [0.3, 0.4) is 0 Å². The third-order valence-electron chi connectivity index (χ3n) is 9.55. The van der Waals surface area contributed by atoms with Crippen molar-refractivity contribution in [1.29, 1.82) is 0 Å². The zero-order chi connectivity index (χ0) is 66.2. The van der Waals surface area contributed by atoms with E-state index in [-0.39, 0.29) is 0 Å². The first-order valence-corrected chi connectivity index (χ1v) is 17.0. The lowest BCUT2D eigenvalue weighted by Gasteiger charge is -2.20. The molecule has 1 nitrogen and oxygen atoms in total. The largest absolute Gasteiger partial charge is 0.455 e. The van der Waals surface area contributed by atoms with Crippen LogP contribution in [0.25, 0.3) is 120 Å². The summed E-state index contributed by atoms with van der Waals surface area (Å²) in [6.45, 7) is 0. The standard InChI is InChI=1S/C56H34O/c1-2-15-37-33-38(28-27-35(37)13-1)42-24-12-26-51-52-34-39(29-32-53(52)57-56(42)51)41-30-31-50(44-19-6-5-18-43(41)44)55-48-22-9-7-20-46(48)54(47-21-8-10-23-49(47)55)45-25-11-16-36-14-3-4-17-40(36)45/h1-34H/i1D,2D,3D,4D,6D,7D,8D,9D,10D,11D,12D,13D,14D,15D,16D,17D,18D,19D,20D,21D,22D,23D,24D,25D,26D,27D,28D,29D,30D,31D,32D,33D,34D. The Morgan fingerprint density at radius 2 is 0.825 bits per heavy atom. The zero-order valence-corrected chi connectivity index (χ0v) is 28.5. The van der Waals surface area contributed by atoms with E-state index in [1.165, 1.54) is 0 Å². The fourth-order valence-corrected chi connectivity index (χ4v) is 7.12. The average molecular weight is 756 g/mol. The van der Waals surface area contributed by atoms with Gasteiger partial charge in [0.2, 0.25) is 0 Å². The minimum absolute atomic E-state index is 0.537. The topological polar surface area (TPSA) is 13.1 Å². The van der Waals surface area contributed by atoms with Crippen molar-refractivity contribution in [3.8, 4) is 44.5 Å². The van der Waals surface area contributed by atoms with Gasteiger partial charge in [0.1, 0.15) is 11.2 Å². The van der Waals surface area contributed by atoms with Gasteiger partial charge < -0.3 is 4.42 Å². The molecule has 0 fully saturated rings. The van der Waals surface area contributed by atoms with Crippen LogP contribution < -0.4 is 0 Å². The maximum atomic E-state index is 10.1. The minimum atomic E-state index is -1.15. The molecule has 0 spiro atoms. The molecule has 57 heavy (non-hydrogen) atoms. The van der Waals surface area contributed by atoms with Gasteiger partial charge in [0.15, 0.2) is 0 Å². The van der Waals surface area contributed by atoms with Gasteiger partial charge in [0, 0.05) is 16.3 Å². The Hall–Kier alpha value is -7.48. The Balaban J connectivity index is 1.29. The van der Waals surface area contributed by atoms with Crippen LogP contribution in [0.15, 0.2) is 210 Å². The molecule has 11 aromatic carbocycles. The smallest absolute Gasteiger partial charge is 0.143 e. The first-order valence-electron chi connectivity index (χ1n) is 33.5. The third kappa shape index (κ3) is 4.89. The molecule has 0 saturated carbocycles. The summed E-state index contributed by atoms with van der Waals surface area (Å²) in [5.41, 5.74) is -7.56. The van der Waals surface area contributed by atoms with E-state index < -0.39 is 320 Å². The molecule has 0 amide bonds. The molecule has 1 heterocycles. The summed E-state index contributed by atoms with van der Waals surface area (Å²) >= 11 is 0. The monoisotopic (exact) mass is 755 g/mol. The summed E-state index contributed by atoms with van der Waals surface area (Å²) in [5, 5.41) is -8.33. The van der Waals surface area contributed by atoms with Crippen LogP contribution in [0.4, 0.5) is 0 Å². The molecule has 0 unspecified atom stereocenters. The van der Waals surface area contributed by atoms with Gasteiger partial charge in [-0.25, -0.2) is 0 Å². The highest BCUT2D eigenvalue weighted by molar-refractivity contribution is 6.26. The molecule has 12 rings (SSSR count). The Kier molecular flexibility index (Phi) is 2.93. The van der Waals surface area contributed by atoms with Crippen molar-refractivity contribution in [3.63, 3.8) is 0 Å². The summed E-state index contributed by atoms with van der Waals surface area (Å²) in [5.74, 6) is 0. The van der Waals surface area contributed by atoms with E-state index >= 15 is 0 Å². The second-order valence-corrected chi connectivity index (χ2v) is 12.6. The number of para-hydroxylation sites is 1. The van der Waals surface area contributed by atoms with E-state index in [0.717, 1.165) is 6.07 Å². The molecule has 0 atom stereocenters. The molecule has 1 aromatic heterocycles. The van der Waals surface area contributed by atoms with E-state index in [1.54, 1.807) is 0 Å². The number of hydrogen-bond acceptors (Lipinski definition) is 1. The van der Waals surface area contributed by atoms with Crippen molar-refractivity contribution in [2.24, 2.45) is 0 Å². The van der Waals surface area contributed by atoms with E-state index in [9.17, 15) is 19.2 Å². The van der Waals surface area contributed by atoms with Crippen molar-refractivity contribution in [2.75, 3.05) is 0 Å². The minimum Gasteiger partial charge on any atom is -0.455 e. The van der Waals surface area contributed by atoms with E-state index in [1.807, 2.05) is 0 Å². The van der Waals surface area contributed by atoms with Crippen LogP contribution in [-0.2, 0) is 0 Å². The number of rotatable bonds is 4. The number of fused-ring (bicyclic) bond motifs is 8.